The van der Waals surface area contributed by atoms with Crippen molar-refractivity contribution >= 4 is 0 Å². The van der Waals surface area contributed by atoms with Gasteiger partial charge in [-0.25, -0.2) is 0 Å². The Morgan fingerprint density at radius 2 is 1.83 bits per heavy atom. The van der Waals surface area contributed by atoms with Gasteiger partial charge in [-0.1, -0.05) is 6.92 Å². The molecule has 0 aliphatic carbocycles. The van der Waals surface area contributed by atoms with Crippen LogP contribution in [0.25, 0.3) is 0 Å². The molecule has 23 heavy (non-hydrogen) atoms. The molecule has 0 aromatic heterocycles. The predicted molar refractivity (Wildman–Crippen MR) is 91.5 cm³/mol. The summed E-state index contributed by atoms with van der Waals surface area (Å²) in [6.07, 6.45) is 9.32. The fourth-order valence-electron chi connectivity index (χ4n) is 4.26. The topological polar surface area (TPSA) is 68.3 Å². The monoisotopic (exact) mass is 322 g/mol. The highest BCUT2D eigenvalue weighted by Crippen LogP contribution is 2.48. The average Bonchev–Trinajstić information content (AvgIpc) is 3.10. The van der Waals surface area contributed by atoms with E-state index in [1.165, 1.54) is 19.3 Å². The van der Waals surface area contributed by atoms with E-state index >= 15 is 0 Å². The van der Waals surface area contributed by atoms with Crippen molar-refractivity contribution in [2.45, 2.75) is 71.5 Å². The van der Waals surface area contributed by atoms with Crippen molar-refractivity contribution in [1.29, 1.82) is 5.26 Å². The number of nitrogens with zero attached hydrogens (tertiary/aromatic N) is 1. The predicted octanol–water partition coefficient (Wildman–Crippen LogP) is 3.85. The number of hydrogen-bond donors (Lipinski definition) is 1. The molecule has 0 bridgehead atoms. The van der Waals surface area contributed by atoms with Gasteiger partial charge in [0.1, 0.15) is 0 Å². The van der Waals surface area contributed by atoms with Gasteiger partial charge >= 0.3 is 0 Å². The summed E-state index contributed by atoms with van der Waals surface area (Å²) in [5.74, 6) is 1.54. The van der Waals surface area contributed by atoms with Crippen LogP contribution in [0.5, 0.6) is 0 Å². The molecular formula is C19H34N2O2. The molecule has 3 unspecified atom stereocenters. The van der Waals surface area contributed by atoms with E-state index in [1.807, 2.05) is 6.92 Å². The van der Waals surface area contributed by atoms with Crippen molar-refractivity contribution in [3.05, 3.63) is 0 Å². The van der Waals surface area contributed by atoms with Gasteiger partial charge in [-0.15, -0.1) is 0 Å². The molecule has 2 N–H and O–H groups in total. The van der Waals surface area contributed by atoms with Crippen LogP contribution in [0.2, 0.25) is 0 Å². The SMILES string of the molecule is CC(C#N)CCC(CCN)CC(C)CCC12CCOC1OCC2. The van der Waals surface area contributed by atoms with Crippen LogP contribution < -0.4 is 5.73 Å². The highest BCUT2D eigenvalue weighted by Gasteiger charge is 2.48. The van der Waals surface area contributed by atoms with Gasteiger partial charge in [-0.3, -0.25) is 0 Å². The van der Waals surface area contributed by atoms with Crippen molar-refractivity contribution in [1.82, 2.24) is 0 Å². The Balaban J connectivity index is 1.75. The average molecular weight is 322 g/mol. The molecule has 0 saturated carbocycles. The lowest BCUT2D eigenvalue weighted by Crippen LogP contribution is -2.26. The van der Waals surface area contributed by atoms with E-state index < -0.39 is 0 Å². The maximum Gasteiger partial charge on any atom is 0.163 e. The normalized spacial score (nSPS) is 30.6. The van der Waals surface area contributed by atoms with Crippen molar-refractivity contribution in [3.63, 3.8) is 0 Å². The quantitative estimate of drug-likeness (QED) is 0.663. The number of nitriles is 1. The Kier molecular flexibility index (Phi) is 7.33. The summed E-state index contributed by atoms with van der Waals surface area (Å²) in [6, 6.07) is 2.34. The molecule has 2 rings (SSSR count). The van der Waals surface area contributed by atoms with E-state index in [9.17, 15) is 0 Å². The summed E-state index contributed by atoms with van der Waals surface area (Å²) in [5, 5.41) is 8.95. The summed E-state index contributed by atoms with van der Waals surface area (Å²) < 4.78 is 11.5. The second kappa shape index (κ2) is 9.01. The highest BCUT2D eigenvalue weighted by atomic mass is 16.7. The molecule has 0 aromatic carbocycles. The van der Waals surface area contributed by atoms with Gasteiger partial charge in [0, 0.05) is 11.3 Å². The number of ether oxygens (including phenoxy) is 2. The maximum absolute atomic E-state index is 8.95. The summed E-state index contributed by atoms with van der Waals surface area (Å²) in [4.78, 5) is 0. The van der Waals surface area contributed by atoms with Gasteiger partial charge in [-0.2, -0.15) is 5.26 Å². The third-order valence-corrected chi connectivity index (χ3v) is 5.91. The zero-order valence-electron chi connectivity index (χ0n) is 14.9. The second-order valence-corrected chi connectivity index (χ2v) is 7.87. The minimum absolute atomic E-state index is 0.0611. The molecule has 132 valence electrons. The van der Waals surface area contributed by atoms with Crippen LogP contribution in [0.4, 0.5) is 0 Å². The molecule has 0 radical (unpaired) electrons. The number of hydrogen-bond acceptors (Lipinski definition) is 4. The van der Waals surface area contributed by atoms with Crippen LogP contribution in [0.15, 0.2) is 0 Å². The molecule has 2 aliphatic heterocycles. The Labute approximate surface area is 141 Å². The minimum atomic E-state index is 0.0611. The number of nitrogens with two attached hydrogens (primary N) is 1. The molecule has 2 aliphatic rings. The zero-order valence-corrected chi connectivity index (χ0v) is 14.9. The van der Waals surface area contributed by atoms with Gasteiger partial charge in [0.05, 0.1) is 19.3 Å². The fourth-order valence-corrected chi connectivity index (χ4v) is 4.26. The van der Waals surface area contributed by atoms with Crippen LogP contribution in [0.3, 0.4) is 0 Å². The van der Waals surface area contributed by atoms with Gasteiger partial charge in [0.2, 0.25) is 0 Å². The number of fused-ring (bicyclic) bond motifs is 1. The third kappa shape index (κ3) is 5.17. The summed E-state index contributed by atoms with van der Waals surface area (Å²) in [6.45, 7) is 6.87. The van der Waals surface area contributed by atoms with Crippen molar-refractivity contribution in [2.24, 2.45) is 28.9 Å². The first-order chi connectivity index (χ1) is 11.1. The van der Waals surface area contributed by atoms with Gasteiger partial charge in [0.15, 0.2) is 6.29 Å². The molecule has 4 heteroatoms. The number of rotatable bonds is 10. The highest BCUT2D eigenvalue weighted by molar-refractivity contribution is 4.91. The standard InChI is InChI=1S/C19H34N2O2/c1-15(13-17(6-10-20)4-3-16(2)14-21)5-7-19-8-11-22-18(19)23-12-9-19/h15-18H,3-13,20H2,1-2H3. The van der Waals surface area contributed by atoms with Gasteiger partial charge < -0.3 is 15.2 Å². The van der Waals surface area contributed by atoms with Crippen LogP contribution in [0.1, 0.15) is 65.2 Å². The van der Waals surface area contributed by atoms with E-state index in [2.05, 4.69) is 13.0 Å². The molecule has 0 amide bonds. The van der Waals surface area contributed by atoms with E-state index in [0.717, 1.165) is 51.9 Å². The molecule has 4 nitrogen and oxygen atoms in total. The first-order valence-electron chi connectivity index (χ1n) is 9.42. The summed E-state index contributed by atoms with van der Waals surface area (Å²) in [5.41, 5.74) is 6.09. The lowest BCUT2D eigenvalue weighted by Gasteiger charge is -2.28. The molecular weight excluding hydrogens is 288 g/mol. The molecule has 0 spiro atoms. The lowest BCUT2D eigenvalue weighted by molar-refractivity contribution is -0.113. The van der Waals surface area contributed by atoms with Crippen LogP contribution in [-0.2, 0) is 9.47 Å². The van der Waals surface area contributed by atoms with Gasteiger partial charge in [-0.05, 0) is 76.7 Å². The van der Waals surface area contributed by atoms with Crippen LogP contribution in [-0.4, -0.2) is 26.0 Å². The molecule has 0 aromatic rings. The van der Waals surface area contributed by atoms with Gasteiger partial charge in [0.25, 0.3) is 0 Å². The van der Waals surface area contributed by atoms with Crippen molar-refractivity contribution in [3.8, 4) is 6.07 Å². The lowest BCUT2D eigenvalue weighted by atomic mass is 9.76. The van der Waals surface area contributed by atoms with Crippen LogP contribution in [0, 0.1) is 34.5 Å². The Morgan fingerprint density at radius 1 is 1.13 bits per heavy atom. The maximum atomic E-state index is 8.95. The summed E-state index contributed by atoms with van der Waals surface area (Å²) >= 11 is 0. The van der Waals surface area contributed by atoms with E-state index in [0.29, 0.717) is 17.3 Å². The Bertz CT molecular complexity index is 383. The van der Waals surface area contributed by atoms with E-state index in [1.54, 1.807) is 0 Å². The van der Waals surface area contributed by atoms with E-state index in [4.69, 9.17) is 20.5 Å². The smallest absolute Gasteiger partial charge is 0.163 e. The zero-order chi connectivity index (χ0) is 16.7. The minimum Gasteiger partial charge on any atom is -0.352 e. The first-order valence-corrected chi connectivity index (χ1v) is 9.42. The summed E-state index contributed by atoms with van der Waals surface area (Å²) in [7, 11) is 0. The molecule has 2 saturated heterocycles. The van der Waals surface area contributed by atoms with Crippen molar-refractivity contribution in [2.75, 3.05) is 19.8 Å². The molecule has 2 heterocycles. The largest absolute Gasteiger partial charge is 0.352 e. The second-order valence-electron chi connectivity index (χ2n) is 7.87. The molecule has 3 atom stereocenters. The Morgan fingerprint density at radius 3 is 2.43 bits per heavy atom. The van der Waals surface area contributed by atoms with Crippen molar-refractivity contribution < 1.29 is 9.47 Å². The Hall–Kier alpha value is -0.630. The third-order valence-electron chi connectivity index (χ3n) is 5.91. The first kappa shape index (κ1) is 18.7. The van der Waals surface area contributed by atoms with Crippen LogP contribution >= 0.6 is 0 Å². The molecule has 2 fully saturated rings. The van der Waals surface area contributed by atoms with E-state index in [-0.39, 0.29) is 12.2 Å². The fraction of sp³-hybridized carbons (Fsp3) is 0.947.